The molecule has 0 spiro atoms. The van der Waals surface area contributed by atoms with E-state index in [1.165, 1.54) is 62.7 Å². The highest BCUT2D eigenvalue weighted by atomic mass is 32.2. The molecule has 15 rings (SSSR count). The van der Waals surface area contributed by atoms with Crippen LogP contribution in [0, 0.1) is 0 Å². The number of carbonyl (C=O) groups excluding carboxylic acids is 2. The molecular formula is C100H107N6O6S-. The van der Waals surface area contributed by atoms with E-state index in [4.69, 9.17) is 19.4 Å². The highest BCUT2D eigenvalue weighted by Gasteiger charge is 2.30. The number of ether oxygens (including phenoxy) is 2. The standard InChI is InChI=1S/C100H108N6O6S/c1-93(2,3)62-25-33-79-71(48-62)72-49-63(94(4,5)6)26-34-80(72)103(79)87-41-58(42-88(101-87)104-81-35-27-64(95(7,8)9)50-73(81)74-51-65(96(10,11)12)28-36-82(74)104)56-111-91(107)60-45-61(47-70(46-60)113(109)110)92(108)112-57-59-43-89(105-83-37-29-66(97(13,14)15)52-75(83)76-53-67(98(16,17)18)30-38-84(76)105)102-90(44-59)106-85-39-31-68(99(19,20)21)54-77(85)78-55-69(100(22,23)24)32-40-86(78)106/h25-55H,56-57H2,1-24H3,(H,109,110)/p-1. The fraction of sp³-hybridized carbons (Fsp3) is 0.340. The Balaban J connectivity index is 0.842. The summed E-state index contributed by atoms with van der Waals surface area (Å²) in [6, 6.07) is 65.4. The first kappa shape index (κ1) is 77.8. The first-order valence-corrected chi connectivity index (χ1v) is 40.7. The molecule has 6 aromatic heterocycles. The molecule has 0 N–H and O–H groups in total. The molecule has 580 valence electrons. The lowest BCUT2D eigenvalue weighted by molar-refractivity contribution is 0.0469. The lowest BCUT2D eigenvalue weighted by Gasteiger charge is -2.19. The fourth-order valence-corrected chi connectivity index (χ4v) is 16.4. The molecule has 0 aliphatic rings. The number of hydrogen-bond acceptors (Lipinski definition) is 8. The minimum Gasteiger partial charge on any atom is -0.768 e. The predicted molar refractivity (Wildman–Crippen MR) is 467 cm³/mol. The van der Waals surface area contributed by atoms with Crippen LogP contribution in [0.15, 0.2) is 193 Å². The summed E-state index contributed by atoms with van der Waals surface area (Å²) < 4.78 is 48.1. The molecule has 0 bridgehead atoms. The van der Waals surface area contributed by atoms with Gasteiger partial charge in [0.05, 0.1) is 55.3 Å². The van der Waals surface area contributed by atoms with E-state index in [0.717, 1.165) is 87.2 Å². The normalized spacial score (nSPS) is 13.5. The molecule has 0 radical (unpaired) electrons. The van der Waals surface area contributed by atoms with Crippen LogP contribution in [0.3, 0.4) is 0 Å². The van der Waals surface area contributed by atoms with Gasteiger partial charge in [-0.1, -0.05) is 215 Å². The van der Waals surface area contributed by atoms with E-state index in [-0.39, 0.29) is 72.6 Å². The maximum absolute atomic E-state index is 15.1. The van der Waals surface area contributed by atoms with Gasteiger partial charge in [0.25, 0.3) is 0 Å². The zero-order valence-corrected chi connectivity index (χ0v) is 71.2. The minimum absolute atomic E-state index is 0.134. The summed E-state index contributed by atoms with van der Waals surface area (Å²) >= 11 is -2.88. The van der Waals surface area contributed by atoms with Crippen LogP contribution in [0.4, 0.5) is 0 Å². The third-order valence-electron chi connectivity index (χ3n) is 22.9. The van der Waals surface area contributed by atoms with Gasteiger partial charge in [-0.15, -0.1) is 0 Å². The van der Waals surface area contributed by atoms with Crippen molar-refractivity contribution < 1.29 is 27.8 Å². The van der Waals surface area contributed by atoms with Gasteiger partial charge in [0.1, 0.15) is 36.5 Å². The molecule has 6 heterocycles. The largest absolute Gasteiger partial charge is 0.768 e. The lowest BCUT2D eigenvalue weighted by atomic mass is 9.85. The second-order valence-electron chi connectivity index (χ2n) is 39.7. The molecule has 0 saturated carbocycles. The summed E-state index contributed by atoms with van der Waals surface area (Å²) in [5, 5.41) is 8.73. The van der Waals surface area contributed by atoms with Crippen LogP contribution < -0.4 is 0 Å². The van der Waals surface area contributed by atoms with Gasteiger partial charge in [0, 0.05) is 48.0 Å². The number of aromatic nitrogens is 6. The van der Waals surface area contributed by atoms with Crippen LogP contribution >= 0.6 is 0 Å². The number of carbonyl (C=O) groups is 2. The van der Waals surface area contributed by atoms with E-state index in [1.54, 1.807) is 0 Å². The topological polar surface area (TPSA) is 138 Å². The molecule has 0 fully saturated rings. The Hall–Kier alpha value is -10.5. The van der Waals surface area contributed by atoms with Gasteiger partial charge < -0.3 is 14.0 Å². The van der Waals surface area contributed by atoms with E-state index in [9.17, 15) is 8.76 Å². The fourth-order valence-electron chi connectivity index (χ4n) is 15.9. The maximum atomic E-state index is 15.1. The number of pyridine rings is 2. The van der Waals surface area contributed by atoms with Crippen molar-refractivity contribution >= 4 is 110 Å². The Bertz CT molecular complexity index is 5470. The van der Waals surface area contributed by atoms with Gasteiger partial charge >= 0.3 is 11.9 Å². The van der Waals surface area contributed by atoms with Gasteiger partial charge in [-0.3, -0.25) is 22.5 Å². The minimum atomic E-state index is -2.88. The quantitative estimate of drug-likeness (QED) is 0.0922. The SMILES string of the molecule is CC(C)(C)c1ccc2c(c1)c1cc(C(C)(C)C)ccc1n2-c1cc(COC(=O)c2cc(C(=O)OCc3cc(-n4c5ccc(C(C)(C)C)cc5c5cc(C(C)(C)C)ccc54)nc(-n4c5ccc(C(C)(C)C)cc5c5cc(C(C)(C)C)ccc54)c3)cc(S(=O)[O-])c2)cc(-n2c3ccc(C(C)(C)C)cc3c3cc(C(C)(C)C)ccc32)n1. The highest BCUT2D eigenvalue weighted by Crippen LogP contribution is 2.45. The monoisotopic (exact) mass is 1520 g/mol. The average Bonchev–Trinajstić information content (AvgIpc) is 1.58. The molecule has 9 aromatic carbocycles. The van der Waals surface area contributed by atoms with E-state index in [1.807, 2.05) is 24.3 Å². The van der Waals surface area contributed by atoms with E-state index in [0.29, 0.717) is 34.4 Å². The van der Waals surface area contributed by atoms with E-state index >= 15 is 9.59 Å². The molecule has 0 aliphatic heterocycles. The molecule has 0 aliphatic carbocycles. The molecule has 0 saturated heterocycles. The summed E-state index contributed by atoms with van der Waals surface area (Å²) in [4.78, 5) is 41.2. The van der Waals surface area contributed by atoms with E-state index < -0.39 is 23.0 Å². The molecule has 15 aromatic rings. The van der Waals surface area contributed by atoms with Gasteiger partial charge in [0.2, 0.25) is 0 Å². The van der Waals surface area contributed by atoms with Crippen molar-refractivity contribution in [1.29, 1.82) is 0 Å². The van der Waals surface area contributed by atoms with Crippen LogP contribution in [0.2, 0.25) is 0 Å². The van der Waals surface area contributed by atoms with Gasteiger partial charge in [-0.2, -0.15) is 0 Å². The number of hydrogen-bond donors (Lipinski definition) is 0. The number of esters is 2. The first-order chi connectivity index (χ1) is 52.7. The first-order valence-electron chi connectivity index (χ1n) is 39.7. The van der Waals surface area contributed by atoms with Crippen LogP contribution in [-0.2, 0) is 77.1 Å². The second-order valence-corrected chi connectivity index (χ2v) is 40.7. The third-order valence-corrected chi connectivity index (χ3v) is 23.6. The second kappa shape index (κ2) is 27.1. The number of rotatable bonds is 11. The summed E-state index contributed by atoms with van der Waals surface area (Å²) in [6.07, 6.45) is 0. The molecule has 113 heavy (non-hydrogen) atoms. The van der Waals surface area contributed by atoms with Crippen molar-refractivity contribution in [1.82, 2.24) is 28.2 Å². The van der Waals surface area contributed by atoms with Crippen LogP contribution in [0.1, 0.15) is 243 Å². The van der Waals surface area contributed by atoms with Gasteiger partial charge in [0.15, 0.2) is 0 Å². The Labute approximate surface area is 667 Å². The Morgan fingerprint density at radius 3 is 0.619 bits per heavy atom. The number of fused-ring (bicyclic) bond motifs is 12. The third kappa shape index (κ3) is 14.5. The molecule has 13 heteroatoms. The number of benzene rings is 9. The Morgan fingerprint density at radius 2 is 0.460 bits per heavy atom. The smallest absolute Gasteiger partial charge is 0.338 e. The summed E-state index contributed by atoms with van der Waals surface area (Å²) in [7, 11) is 0. The molecule has 0 amide bonds. The van der Waals surface area contributed by atoms with Crippen LogP contribution in [0.25, 0.3) is 110 Å². The summed E-state index contributed by atoms with van der Waals surface area (Å²) in [5.74, 6) is 0.735. The van der Waals surface area contributed by atoms with E-state index in [2.05, 4.69) is 330 Å². The highest BCUT2D eigenvalue weighted by molar-refractivity contribution is 7.79. The number of nitrogens with zero attached hydrogens (tertiary/aromatic N) is 6. The lowest BCUT2D eigenvalue weighted by Crippen LogP contribution is -2.12. The molecule has 1 atom stereocenters. The molecular weight excluding hydrogens is 1410 g/mol. The van der Waals surface area contributed by atoms with Crippen molar-refractivity contribution in [2.24, 2.45) is 0 Å². The van der Waals surface area contributed by atoms with Crippen LogP contribution in [-0.4, -0.2) is 48.9 Å². The zero-order chi connectivity index (χ0) is 81.3. The summed E-state index contributed by atoms with van der Waals surface area (Å²) in [5.41, 5.74) is 17.2. The summed E-state index contributed by atoms with van der Waals surface area (Å²) in [6.45, 7) is 53.1. The molecule has 1 unspecified atom stereocenters. The Kier molecular flexibility index (Phi) is 18.7. The van der Waals surface area contributed by atoms with Crippen molar-refractivity contribution in [2.75, 3.05) is 0 Å². The molecule has 12 nitrogen and oxygen atoms in total. The van der Waals surface area contributed by atoms with Gasteiger partial charge in [-0.25, -0.2) is 19.6 Å². The zero-order valence-electron chi connectivity index (χ0n) is 70.4. The average molecular weight is 1520 g/mol. The van der Waals surface area contributed by atoms with Crippen LogP contribution in [0.5, 0.6) is 0 Å². The van der Waals surface area contributed by atoms with Crippen molar-refractivity contribution in [3.63, 3.8) is 0 Å². The predicted octanol–water partition coefficient (Wildman–Crippen LogP) is 25.2. The van der Waals surface area contributed by atoms with Crippen molar-refractivity contribution in [2.45, 2.75) is 228 Å². The Morgan fingerprint density at radius 1 is 0.283 bits per heavy atom. The van der Waals surface area contributed by atoms with Gasteiger partial charge in [-0.05, 0) is 250 Å². The maximum Gasteiger partial charge on any atom is 0.338 e. The van der Waals surface area contributed by atoms with Crippen molar-refractivity contribution in [3.8, 4) is 23.3 Å². The van der Waals surface area contributed by atoms with Crippen molar-refractivity contribution in [3.05, 3.63) is 255 Å².